The molecule has 1 aromatic carbocycles. The van der Waals surface area contributed by atoms with Gasteiger partial charge in [-0.05, 0) is 24.0 Å². The van der Waals surface area contributed by atoms with Crippen molar-refractivity contribution in [3.05, 3.63) is 53.3 Å². The number of hydrogen-bond donors (Lipinski definition) is 1. The van der Waals surface area contributed by atoms with Crippen LogP contribution in [0.15, 0.2) is 36.7 Å². The molecule has 0 radical (unpaired) electrons. The number of rotatable bonds is 4. The standard InChI is InChI=1S/C18H22N4O/c1-2-4-16-15(3-1)5-6-17(16)19-11-14-12-20-18(21-13-14)22-7-9-23-10-8-22/h1-4,12-13,17,19H,5-11H2/t17-/m0/s1. The normalized spacial score (nSPS) is 20.5. The highest BCUT2D eigenvalue weighted by Crippen LogP contribution is 2.30. The van der Waals surface area contributed by atoms with Crippen molar-refractivity contribution in [2.75, 3.05) is 31.2 Å². The summed E-state index contributed by atoms with van der Waals surface area (Å²) >= 11 is 0. The van der Waals surface area contributed by atoms with Crippen LogP contribution in [0, 0.1) is 0 Å². The van der Waals surface area contributed by atoms with Crippen LogP contribution in [0.2, 0.25) is 0 Å². The number of hydrogen-bond acceptors (Lipinski definition) is 5. The molecule has 1 aliphatic heterocycles. The SMILES string of the molecule is c1ccc2c(c1)CC[C@@H]2NCc1cnc(N2CCOCC2)nc1. The zero-order valence-corrected chi connectivity index (χ0v) is 13.2. The predicted molar refractivity (Wildman–Crippen MR) is 89.4 cm³/mol. The lowest BCUT2D eigenvalue weighted by atomic mass is 10.1. The predicted octanol–water partition coefficient (Wildman–Crippen LogP) is 2.09. The van der Waals surface area contributed by atoms with Crippen LogP contribution in [-0.2, 0) is 17.7 Å². The topological polar surface area (TPSA) is 50.3 Å². The lowest BCUT2D eigenvalue weighted by Gasteiger charge is -2.26. The van der Waals surface area contributed by atoms with Gasteiger partial charge >= 0.3 is 0 Å². The number of fused-ring (bicyclic) bond motifs is 1. The Morgan fingerprint density at radius 1 is 1.13 bits per heavy atom. The van der Waals surface area contributed by atoms with Crippen LogP contribution >= 0.6 is 0 Å². The Hall–Kier alpha value is -1.98. The Morgan fingerprint density at radius 2 is 1.91 bits per heavy atom. The second-order valence-electron chi connectivity index (χ2n) is 6.16. The average Bonchev–Trinajstić information content (AvgIpc) is 3.04. The Kier molecular flexibility index (Phi) is 4.22. The number of benzene rings is 1. The fraction of sp³-hybridized carbons (Fsp3) is 0.444. The maximum absolute atomic E-state index is 5.36. The van der Waals surface area contributed by atoms with E-state index < -0.39 is 0 Å². The van der Waals surface area contributed by atoms with E-state index in [-0.39, 0.29) is 0 Å². The van der Waals surface area contributed by atoms with Gasteiger partial charge in [-0.25, -0.2) is 9.97 Å². The van der Waals surface area contributed by atoms with Gasteiger partial charge in [-0.3, -0.25) is 0 Å². The molecule has 1 aromatic heterocycles. The van der Waals surface area contributed by atoms with Crippen molar-refractivity contribution in [1.29, 1.82) is 0 Å². The molecule has 5 nitrogen and oxygen atoms in total. The van der Waals surface area contributed by atoms with Crippen molar-refractivity contribution < 1.29 is 4.74 Å². The number of aryl methyl sites for hydroxylation is 1. The summed E-state index contributed by atoms with van der Waals surface area (Å²) < 4.78 is 5.36. The third kappa shape index (κ3) is 3.21. The van der Waals surface area contributed by atoms with Crippen LogP contribution in [0.3, 0.4) is 0 Å². The van der Waals surface area contributed by atoms with E-state index in [0.717, 1.165) is 44.4 Å². The molecule has 1 atom stereocenters. The minimum Gasteiger partial charge on any atom is -0.378 e. The van der Waals surface area contributed by atoms with Gasteiger partial charge in [0, 0.05) is 43.6 Å². The molecule has 2 aromatic rings. The first-order chi connectivity index (χ1) is 11.4. The zero-order valence-electron chi connectivity index (χ0n) is 13.2. The van der Waals surface area contributed by atoms with Crippen LogP contribution in [0.25, 0.3) is 0 Å². The van der Waals surface area contributed by atoms with Gasteiger partial charge in [-0.1, -0.05) is 24.3 Å². The monoisotopic (exact) mass is 310 g/mol. The van der Waals surface area contributed by atoms with Crippen molar-refractivity contribution in [2.24, 2.45) is 0 Å². The lowest BCUT2D eigenvalue weighted by Crippen LogP contribution is -2.37. The van der Waals surface area contributed by atoms with Crippen LogP contribution in [-0.4, -0.2) is 36.3 Å². The number of nitrogens with zero attached hydrogens (tertiary/aromatic N) is 3. The van der Waals surface area contributed by atoms with Gasteiger partial charge in [0.25, 0.3) is 0 Å². The number of morpholine rings is 1. The first-order valence-corrected chi connectivity index (χ1v) is 8.35. The van der Waals surface area contributed by atoms with Crippen molar-refractivity contribution in [3.8, 4) is 0 Å². The van der Waals surface area contributed by atoms with E-state index in [1.807, 2.05) is 12.4 Å². The third-order valence-electron chi connectivity index (χ3n) is 4.67. The first kappa shape index (κ1) is 14.6. The molecule has 0 bridgehead atoms. The molecule has 2 aliphatic rings. The molecule has 0 amide bonds. The summed E-state index contributed by atoms with van der Waals surface area (Å²) in [7, 11) is 0. The summed E-state index contributed by atoms with van der Waals surface area (Å²) in [5, 5.41) is 3.64. The summed E-state index contributed by atoms with van der Waals surface area (Å²) in [5.74, 6) is 0.809. The number of nitrogens with one attached hydrogen (secondary N) is 1. The van der Waals surface area contributed by atoms with Crippen molar-refractivity contribution >= 4 is 5.95 Å². The second-order valence-corrected chi connectivity index (χ2v) is 6.16. The van der Waals surface area contributed by atoms with Crippen molar-refractivity contribution in [1.82, 2.24) is 15.3 Å². The quantitative estimate of drug-likeness (QED) is 0.937. The van der Waals surface area contributed by atoms with Gasteiger partial charge in [-0.15, -0.1) is 0 Å². The Labute approximate surface area is 136 Å². The van der Waals surface area contributed by atoms with E-state index >= 15 is 0 Å². The molecular weight excluding hydrogens is 288 g/mol. The van der Waals surface area contributed by atoms with Gasteiger partial charge in [0.05, 0.1) is 13.2 Å². The molecule has 0 saturated carbocycles. The summed E-state index contributed by atoms with van der Waals surface area (Å²) in [6.45, 7) is 4.07. The van der Waals surface area contributed by atoms with Gasteiger partial charge in [-0.2, -0.15) is 0 Å². The van der Waals surface area contributed by atoms with E-state index in [9.17, 15) is 0 Å². The Bertz CT molecular complexity index is 652. The highest BCUT2D eigenvalue weighted by Gasteiger charge is 2.21. The number of anilines is 1. The summed E-state index contributed by atoms with van der Waals surface area (Å²) in [5.41, 5.74) is 4.05. The van der Waals surface area contributed by atoms with Crippen LogP contribution < -0.4 is 10.2 Å². The van der Waals surface area contributed by atoms with Gasteiger partial charge in [0.15, 0.2) is 0 Å². The summed E-state index contributed by atoms with van der Waals surface area (Å²) in [6.07, 6.45) is 6.21. The maximum atomic E-state index is 5.36. The molecule has 5 heteroatoms. The van der Waals surface area contributed by atoms with E-state index in [4.69, 9.17) is 4.74 Å². The molecular formula is C18H22N4O. The van der Waals surface area contributed by atoms with E-state index in [0.29, 0.717) is 6.04 Å². The molecule has 23 heavy (non-hydrogen) atoms. The molecule has 1 fully saturated rings. The molecule has 1 saturated heterocycles. The van der Waals surface area contributed by atoms with E-state index in [1.54, 1.807) is 0 Å². The maximum Gasteiger partial charge on any atom is 0.225 e. The highest BCUT2D eigenvalue weighted by atomic mass is 16.5. The lowest BCUT2D eigenvalue weighted by molar-refractivity contribution is 0.122. The molecule has 1 aliphatic carbocycles. The molecule has 2 heterocycles. The zero-order chi connectivity index (χ0) is 15.5. The van der Waals surface area contributed by atoms with E-state index in [1.165, 1.54) is 24.0 Å². The Morgan fingerprint density at radius 3 is 2.74 bits per heavy atom. The van der Waals surface area contributed by atoms with Crippen molar-refractivity contribution in [3.63, 3.8) is 0 Å². The number of aromatic nitrogens is 2. The smallest absolute Gasteiger partial charge is 0.225 e. The molecule has 0 unspecified atom stereocenters. The highest BCUT2D eigenvalue weighted by molar-refractivity contribution is 5.34. The first-order valence-electron chi connectivity index (χ1n) is 8.35. The van der Waals surface area contributed by atoms with Gasteiger partial charge in [0.1, 0.15) is 0 Å². The minimum atomic E-state index is 0.449. The van der Waals surface area contributed by atoms with Crippen molar-refractivity contribution in [2.45, 2.75) is 25.4 Å². The molecule has 4 rings (SSSR count). The third-order valence-corrected chi connectivity index (χ3v) is 4.67. The minimum absolute atomic E-state index is 0.449. The van der Waals surface area contributed by atoms with Crippen LogP contribution in [0.1, 0.15) is 29.2 Å². The largest absolute Gasteiger partial charge is 0.378 e. The fourth-order valence-corrected chi connectivity index (χ4v) is 3.38. The molecule has 1 N–H and O–H groups in total. The van der Waals surface area contributed by atoms with Gasteiger partial charge in [0.2, 0.25) is 5.95 Å². The van der Waals surface area contributed by atoms with Crippen LogP contribution in [0.4, 0.5) is 5.95 Å². The van der Waals surface area contributed by atoms with Crippen LogP contribution in [0.5, 0.6) is 0 Å². The number of ether oxygens (including phenoxy) is 1. The molecule has 120 valence electrons. The fourth-order valence-electron chi connectivity index (χ4n) is 3.38. The average molecular weight is 310 g/mol. The second kappa shape index (κ2) is 6.64. The summed E-state index contributed by atoms with van der Waals surface area (Å²) in [6, 6.07) is 9.17. The van der Waals surface area contributed by atoms with E-state index in [2.05, 4.69) is 44.5 Å². The van der Waals surface area contributed by atoms with Gasteiger partial charge < -0.3 is 15.0 Å². The summed E-state index contributed by atoms with van der Waals surface area (Å²) in [4.78, 5) is 11.2. The molecule has 0 spiro atoms. The Balaban J connectivity index is 1.36.